The van der Waals surface area contributed by atoms with Crippen LogP contribution in [-0.2, 0) is 9.16 Å². The number of rotatable bonds is 7. The predicted molar refractivity (Wildman–Crippen MR) is 129 cm³/mol. The minimum absolute atomic E-state index is 0.0355. The average Bonchev–Trinajstić information content (AvgIpc) is 2.77. The van der Waals surface area contributed by atoms with E-state index in [2.05, 4.69) is 93.3 Å². The van der Waals surface area contributed by atoms with Crippen LogP contribution in [0.5, 0.6) is 0 Å². The van der Waals surface area contributed by atoms with Crippen molar-refractivity contribution in [3.8, 4) is 11.8 Å². The highest BCUT2D eigenvalue weighted by Gasteiger charge is 2.49. The molecular formula is C27H36O2Si. The summed E-state index contributed by atoms with van der Waals surface area (Å²) in [5.41, 5.74) is 0. The summed E-state index contributed by atoms with van der Waals surface area (Å²) in [6, 6.07) is 21.7. The molecule has 0 saturated carbocycles. The second-order valence-electron chi connectivity index (χ2n) is 9.15. The Labute approximate surface area is 184 Å². The van der Waals surface area contributed by atoms with Gasteiger partial charge >= 0.3 is 0 Å². The lowest BCUT2D eigenvalue weighted by Gasteiger charge is -2.43. The van der Waals surface area contributed by atoms with Crippen molar-refractivity contribution in [2.45, 2.75) is 70.4 Å². The van der Waals surface area contributed by atoms with Crippen molar-refractivity contribution in [2.24, 2.45) is 0 Å². The molecule has 0 N–H and O–H groups in total. The molecule has 0 radical (unpaired) electrons. The van der Waals surface area contributed by atoms with Gasteiger partial charge in [0.05, 0.1) is 0 Å². The fourth-order valence-corrected chi connectivity index (χ4v) is 8.95. The summed E-state index contributed by atoms with van der Waals surface area (Å²) in [6.45, 7) is 8.62. The molecule has 1 aliphatic heterocycles. The van der Waals surface area contributed by atoms with Gasteiger partial charge in [-0.1, -0.05) is 87.4 Å². The lowest BCUT2D eigenvalue weighted by atomic mass is 10.1. The Balaban J connectivity index is 1.67. The third-order valence-electron chi connectivity index (χ3n) is 5.87. The zero-order valence-electron chi connectivity index (χ0n) is 18.8. The van der Waals surface area contributed by atoms with Gasteiger partial charge in [0.25, 0.3) is 8.32 Å². The third kappa shape index (κ3) is 5.63. The number of ether oxygens (including phenoxy) is 1. The number of unbranched alkanes of at least 4 members (excludes halogenated alkanes) is 2. The molecule has 3 heteroatoms. The number of benzene rings is 2. The second kappa shape index (κ2) is 11.0. The molecule has 1 fully saturated rings. The molecule has 1 atom stereocenters. The van der Waals surface area contributed by atoms with Crippen molar-refractivity contribution in [1.29, 1.82) is 0 Å². The fraction of sp³-hybridized carbons (Fsp3) is 0.481. The number of hydrogen-bond donors (Lipinski definition) is 0. The molecule has 0 aliphatic carbocycles. The first-order valence-corrected chi connectivity index (χ1v) is 13.3. The van der Waals surface area contributed by atoms with E-state index in [1.54, 1.807) is 0 Å². The summed E-state index contributed by atoms with van der Waals surface area (Å²) in [4.78, 5) is 0. The van der Waals surface area contributed by atoms with Crippen LogP contribution in [0.2, 0.25) is 5.04 Å². The maximum atomic E-state index is 6.93. The van der Waals surface area contributed by atoms with Gasteiger partial charge in [0.15, 0.2) is 0 Å². The van der Waals surface area contributed by atoms with Crippen molar-refractivity contribution in [2.75, 3.05) is 13.2 Å². The van der Waals surface area contributed by atoms with E-state index in [1.807, 2.05) is 0 Å². The first-order valence-electron chi connectivity index (χ1n) is 11.4. The highest BCUT2D eigenvalue weighted by molar-refractivity contribution is 6.99. The summed E-state index contributed by atoms with van der Waals surface area (Å²) in [5.74, 6) is 6.63. The van der Waals surface area contributed by atoms with Crippen molar-refractivity contribution in [3.05, 3.63) is 60.7 Å². The lowest BCUT2D eigenvalue weighted by molar-refractivity contribution is 0.0525. The van der Waals surface area contributed by atoms with Crippen LogP contribution in [-0.4, -0.2) is 27.6 Å². The minimum Gasteiger partial charge on any atom is -0.407 e. The Morgan fingerprint density at radius 1 is 0.933 bits per heavy atom. The second-order valence-corrected chi connectivity index (χ2v) is 13.5. The first kappa shape index (κ1) is 22.8. The fourth-order valence-electron chi connectivity index (χ4n) is 4.34. The average molecular weight is 421 g/mol. The van der Waals surface area contributed by atoms with Gasteiger partial charge in [-0.2, -0.15) is 0 Å². The zero-order chi connectivity index (χ0) is 21.3. The lowest BCUT2D eigenvalue weighted by Crippen LogP contribution is -2.66. The van der Waals surface area contributed by atoms with Crippen molar-refractivity contribution in [3.63, 3.8) is 0 Å². The molecule has 1 heterocycles. The summed E-state index contributed by atoms with van der Waals surface area (Å²) < 4.78 is 12.6. The van der Waals surface area contributed by atoms with Crippen molar-refractivity contribution in [1.82, 2.24) is 0 Å². The van der Waals surface area contributed by atoms with Gasteiger partial charge in [0.2, 0.25) is 0 Å². The van der Waals surface area contributed by atoms with Crippen LogP contribution in [0.4, 0.5) is 0 Å². The van der Waals surface area contributed by atoms with Crippen LogP contribution < -0.4 is 10.4 Å². The summed E-state index contributed by atoms with van der Waals surface area (Å²) in [7, 11) is -2.40. The molecule has 30 heavy (non-hydrogen) atoms. The Hall–Kier alpha value is -1.86. The molecule has 3 rings (SSSR count). The molecule has 1 saturated heterocycles. The minimum atomic E-state index is -2.40. The van der Waals surface area contributed by atoms with E-state index in [9.17, 15) is 0 Å². The summed E-state index contributed by atoms with van der Waals surface area (Å²) in [6.07, 6.45) is 6.69. The molecule has 160 valence electrons. The van der Waals surface area contributed by atoms with Gasteiger partial charge in [-0.05, 0) is 47.5 Å². The summed E-state index contributed by atoms with van der Waals surface area (Å²) >= 11 is 0. The maximum Gasteiger partial charge on any atom is 0.261 e. The Morgan fingerprint density at radius 2 is 1.57 bits per heavy atom. The van der Waals surface area contributed by atoms with Gasteiger partial charge in [-0.25, -0.2) is 0 Å². The monoisotopic (exact) mass is 420 g/mol. The highest BCUT2D eigenvalue weighted by atomic mass is 28.4. The summed E-state index contributed by atoms with van der Waals surface area (Å²) in [5, 5.41) is 2.73. The van der Waals surface area contributed by atoms with Crippen LogP contribution in [0.1, 0.15) is 59.3 Å². The largest absolute Gasteiger partial charge is 0.407 e. The van der Waals surface area contributed by atoms with Crippen LogP contribution >= 0.6 is 0 Å². The predicted octanol–water partition coefficient (Wildman–Crippen LogP) is 5.31. The third-order valence-corrected chi connectivity index (χ3v) is 10.9. The Kier molecular flexibility index (Phi) is 8.33. The molecular weight excluding hydrogens is 384 g/mol. The first-order chi connectivity index (χ1) is 14.5. The van der Waals surface area contributed by atoms with Crippen LogP contribution in [0.25, 0.3) is 0 Å². The van der Waals surface area contributed by atoms with Crippen LogP contribution in [0.15, 0.2) is 60.7 Å². The molecule has 0 aromatic heterocycles. The van der Waals surface area contributed by atoms with E-state index in [-0.39, 0.29) is 11.1 Å². The van der Waals surface area contributed by atoms with E-state index < -0.39 is 8.32 Å². The quantitative estimate of drug-likeness (QED) is 0.343. The molecule has 1 aliphatic rings. The van der Waals surface area contributed by atoms with E-state index >= 15 is 0 Å². The molecule has 2 aromatic carbocycles. The Morgan fingerprint density at radius 3 is 2.10 bits per heavy atom. The normalized spacial score (nSPS) is 17.2. The maximum absolute atomic E-state index is 6.93. The van der Waals surface area contributed by atoms with E-state index in [0.717, 1.165) is 38.9 Å². The Bertz CT molecular complexity index is 769. The van der Waals surface area contributed by atoms with Gasteiger partial charge in [0.1, 0.15) is 6.10 Å². The highest BCUT2D eigenvalue weighted by Crippen LogP contribution is 2.36. The molecule has 0 bridgehead atoms. The SMILES string of the molecule is CC(C)(C)[Si](OCCCCC#CC1CCCCO1)(c1ccccc1)c1ccccc1. The topological polar surface area (TPSA) is 18.5 Å². The van der Waals surface area contributed by atoms with E-state index in [0.29, 0.717) is 0 Å². The van der Waals surface area contributed by atoms with Gasteiger partial charge in [0, 0.05) is 19.6 Å². The molecule has 1 unspecified atom stereocenters. The van der Waals surface area contributed by atoms with Crippen LogP contribution in [0, 0.1) is 11.8 Å². The molecule has 2 nitrogen and oxygen atoms in total. The van der Waals surface area contributed by atoms with Crippen molar-refractivity contribution >= 4 is 18.7 Å². The standard InChI is InChI=1S/C27H36O2Si/c1-27(2,3)30(25-18-9-6-10-19-25,26-20-11-7-12-21-26)29-23-14-5-4-8-16-24-17-13-15-22-28-24/h6-7,9-12,18-21,24H,4-5,13-15,17,22-23H2,1-3H3. The molecule has 0 spiro atoms. The smallest absolute Gasteiger partial charge is 0.261 e. The van der Waals surface area contributed by atoms with Gasteiger partial charge in [-0.3, -0.25) is 0 Å². The van der Waals surface area contributed by atoms with E-state index in [4.69, 9.17) is 9.16 Å². The van der Waals surface area contributed by atoms with Crippen molar-refractivity contribution < 1.29 is 9.16 Å². The van der Waals surface area contributed by atoms with Crippen LogP contribution in [0.3, 0.4) is 0 Å². The molecule has 2 aromatic rings. The van der Waals surface area contributed by atoms with E-state index in [1.165, 1.54) is 23.2 Å². The van der Waals surface area contributed by atoms with Gasteiger partial charge in [-0.15, -0.1) is 5.92 Å². The molecule has 0 amide bonds. The number of hydrogen-bond acceptors (Lipinski definition) is 2. The zero-order valence-corrected chi connectivity index (χ0v) is 19.8. The van der Waals surface area contributed by atoms with Gasteiger partial charge < -0.3 is 9.16 Å².